The Morgan fingerprint density at radius 3 is 2.00 bits per heavy atom. The van der Waals surface area contributed by atoms with Gasteiger partial charge in [-0.1, -0.05) is 6.08 Å². The van der Waals surface area contributed by atoms with E-state index >= 15 is 0 Å². The first-order valence-electron chi connectivity index (χ1n) is 2.38. The molecule has 0 radical (unpaired) electrons. The minimum Gasteiger partial charge on any atom is -0.325 e. The van der Waals surface area contributed by atoms with Gasteiger partial charge in [0.15, 0.2) is 0 Å². The van der Waals surface area contributed by atoms with Gasteiger partial charge in [-0.05, 0) is 18.7 Å². The smallest absolute Gasteiger partial charge is 0.319 e. The van der Waals surface area contributed by atoms with Gasteiger partial charge in [0, 0.05) is 6.20 Å². The largest absolute Gasteiger partial charge is 0.325 e. The number of aliphatic imine (C=N–C) groups is 1. The van der Waals surface area contributed by atoms with Crippen molar-refractivity contribution in [2.24, 2.45) is 4.99 Å². The molecule has 0 aliphatic rings. The van der Waals surface area contributed by atoms with Crippen molar-refractivity contribution >= 4 is 24.6 Å². The molecule has 11 heavy (non-hydrogen) atoms. The van der Waals surface area contributed by atoms with Crippen LogP contribution in [0, 0.1) is 0 Å². The molecule has 0 bridgehead atoms. The third-order valence-electron chi connectivity index (χ3n) is 0.276. The maximum atomic E-state index is 9.22. The van der Waals surface area contributed by atoms with E-state index in [2.05, 4.69) is 16.8 Å². The Balaban J connectivity index is 0. The molecular weight excluding hydrogens is 189 g/mol. The van der Waals surface area contributed by atoms with Crippen LogP contribution in [0.5, 0.6) is 0 Å². The second kappa shape index (κ2) is 7.75. The number of isocyanates is 1. The molecule has 0 atom stereocenters. The van der Waals surface area contributed by atoms with Crippen LogP contribution in [0.25, 0.3) is 0 Å². The second-order valence-electron chi connectivity index (χ2n) is 1.22. The first-order chi connectivity index (χ1) is 4.91. The van der Waals surface area contributed by atoms with Crippen LogP contribution in [0.3, 0.4) is 0 Å². The third kappa shape index (κ3) is 80.4. The Kier molecular flexibility index (Phi) is 9.34. The zero-order chi connectivity index (χ0) is 9.33. The Morgan fingerprint density at radius 1 is 1.55 bits per heavy atom. The average molecular weight is 197 g/mol. The normalized spacial score (nSPS) is 9.82. The summed E-state index contributed by atoms with van der Waals surface area (Å²) >= 11 is 3.60. The lowest BCUT2D eigenvalue weighted by Gasteiger charge is -1.88. The van der Waals surface area contributed by atoms with E-state index in [4.69, 9.17) is 14.7 Å². The highest BCUT2D eigenvalue weighted by Crippen LogP contribution is 2.26. The van der Waals surface area contributed by atoms with Crippen LogP contribution in [0.1, 0.15) is 6.92 Å². The van der Waals surface area contributed by atoms with Gasteiger partial charge in [-0.3, -0.25) is 0 Å². The zero-order valence-corrected chi connectivity index (χ0v) is 7.42. The highest BCUT2D eigenvalue weighted by Gasteiger charge is 1.92. The quantitative estimate of drug-likeness (QED) is 0.314. The Labute approximate surface area is 69.0 Å². The molecule has 0 rings (SSSR count). The Bertz CT molecular complexity index is 196. The molecule has 0 aromatic rings. The summed E-state index contributed by atoms with van der Waals surface area (Å²) in [5.41, 5.74) is 0. The number of nitrogens with zero attached hydrogens (tertiary/aromatic N) is 1. The van der Waals surface area contributed by atoms with Crippen molar-refractivity contribution in [3.8, 4) is 0 Å². The van der Waals surface area contributed by atoms with Gasteiger partial charge in [-0.2, -0.15) is 4.99 Å². The van der Waals surface area contributed by atoms with Crippen LogP contribution in [0.2, 0.25) is 0 Å². The van der Waals surface area contributed by atoms with Crippen LogP contribution in [-0.2, 0) is 16.6 Å². The predicted molar refractivity (Wildman–Crippen MR) is 43.9 cm³/mol. The Hall–Kier alpha value is -0.350. The van der Waals surface area contributed by atoms with Crippen LogP contribution in [0.15, 0.2) is 17.3 Å². The summed E-state index contributed by atoms with van der Waals surface area (Å²) < 4.78 is 0. The SMILES string of the molecule is CC=CN=C=O.OP(O)(O)=S. The molecule has 64 valence electrons. The summed E-state index contributed by atoms with van der Waals surface area (Å²) in [6, 6.07) is 0. The summed E-state index contributed by atoms with van der Waals surface area (Å²) in [4.78, 5) is 35.0. The van der Waals surface area contributed by atoms with E-state index in [9.17, 15) is 4.79 Å². The monoisotopic (exact) mass is 197 g/mol. The van der Waals surface area contributed by atoms with Crippen LogP contribution < -0.4 is 0 Å². The van der Waals surface area contributed by atoms with Gasteiger partial charge in [0.05, 0.1) is 0 Å². The second-order valence-corrected chi connectivity index (χ2v) is 3.71. The minimum atomic E-state index is -3.81. The van der Waals surface area contributed by atoms with E-state index in [0.717, 1.165) is 0 Å². The predicted octanol–water partition coefficient (Wildman–Crippen LogP) is 0.0436. The van der Waals surface area contributed by atoms with E-state index in [-0.39, 0.29) is 0 Å². The number of hydrogen-bond donors (Lipinski definition) is 3. The maximum absolute atomic E-state index is 9.22. The van der Waals surface area contributed by atoms with E-state index < -0.39 is 6.72 Å². The van der Waals surface area contributed by atoms with Gasteiger partial charge in [-0.25, -0.2) is 4.79 Å². The molecule has 0 aromatic carbocycles. The van der Waals surface area contributed by atoms with E-state index in [1.807, 2.05) is 0 Å². The lowest BCUT2D eigenvalue weighted by atomic mass is 10.7. The summed E-state index contributed by atoms with van der Waals surface area (Å²) in [6.07, 6.45) is 4.40. The topological polar surface area (TPSA) is 90.1 Å². The summed E-state index contributed by atoms with van der Waals surface area (Å²) in [7, 11) is 0. The maximum Gasteiger partial charge on any atom is 0.319 e. The Morgan fingerprint density at radius 2 is 1.91 bits per heavy atom. The van der Waals surface area contributed by atoms with Crippen molar-refractivity contribution in [1.82, 2.24) is 0 Å². The number of carbonyl (C=O) groups excluding carboxylic acids is 1. The molecule has 0 fully saturated rings. The minimum absolute atomic E-state index is 1.36. The molecule has 3 N–H and O–H groups in total. The highest BCUT2D eigenvalue weighted by atomic mass is 32.5. The lowest BCUT2D eigenvalue weighted by Crippen LogP contribution is -1.65. The van der Waals surface area contributed by atoms with Crippen molar-refractivity contribution in [3.63, 3.8) is 0 Å². The van der Waals surface area contributed by atoms with E-state index in [0.29, 0.717) is 0 Å². The number of hydrogen-bond acceptors (Lipinski definition) is 3. The summed E-state index contributed by atoms with van der Waals surface area (Å²) in [5, 5.41) is 0. The van der Waals surface area contributed by atoms with Crippen molar-refractivity contribution in [1.29, 1.82) is 0 Å². The fraction of sp³-hybridized carbons (Fsp3) is 0.250. The molecule has 5 nitrogen and oxygen atoms in total. The summed E-state index contributed by atoms with van der Waals surface area (Å²) in [5.74, 6) is 0. The van der Waals surface area contributed by atoms with Crippen LogP contribution in [-0.4, -0.2) is 20.8 Å². The molecule has 7 heteroatoms. The fourth-order valence-corrected chi connectivity index (χ4v) is 0.105. The van der Waals surface area contributed by atoms with Crippen molar-refractivity contribution in [3.05, 3.63) is 12.3 Å². The number of rotatable bonds is 1. The van der Waals surface area contributed by atoms with Gasteiger partial charge in [0.2, 0.25) is 6.08 Å². The molecule has 0 aliphatic carbocycles. The summed E-state index contributed by atoms with van der Waals surface area (Å²) in [6.45, 7) is -2.03. The molecule has 0 aromatic heterocycles. The van der Waals surface area contributed by atoms with Gasteiger partial charge < -0.3 is 14.7 Å². The lowest BCUT2D eigenvalue weighted by molar-refractivity contribution is 0.363. The molecule has 0 aliphatic heterocycles. The fourth-order valence-electron chi connectivity index (χ4n) is 0.105. The van der Waals surface area contributed by atoms with Crippen molar-refractivity contribution in [2.75, 3.05) is 0 Å². The highest BCUT2D eigenvalue weighted by molar-refractivity contribution is 8.06. The molecule has 0 heterocycles. The van der Waals surface area contributed by atoms with E-state index in [1.54, 1.807) is 13.0 Å². The van der Waals surface area contributed by atoms with Crippen molar-refractivity contribution in [2.45, 2.75) is 6.92 Å². The standard InChI is InChI=1S/C4H5NO.H3O3PS/c1-2-3-5-4-6;1-4(2,3)5/h2-3H,1H3;(H3,1,2,3,5). The molecule has 0 amide bonds. The van der Waals surface area contributed by atoms with Crippen LogP contribution in [0.4, 0.5) is 0 Å². The van der Waals surface area contributed by atoms with Gasteiger partial charge in [0.25, 0.3) is 0 Å². The molecular formula is C4H8NO4PS. The zero-order valence-electron chi connectivity index (χ0n) is 5.71. The molecule has 0 spiro atoms. The molecule has 0 saturated carbocycles. The van der Waals surface area contributed by atoms with Crippen molar-refractivity contribution < 1.29 is 19.5 Å². The molecule has 0 saturated heterocycles. The third-order valence-corrected chi connectivity index (χ3v) is 0.276. The van der Waals surface area contributed by atoms with Gasteiger partial charge in [-0.15, -0.1) is 0 Å². The van der Waals surface area contributed by atoms with Crippen LogP contribution >= 0.6 is 6.72 Å². The van der Waals surface area contributed by atoms with E-state index in [1.165, 1.54) is 12.3 Å². The first-order valence-corrected chi connectivity index (χ1v) is 5.04. The average Bonchev–Trinajstić information content (AvgIpc) is 1.79. The molecule has 0 unspecified atom stereocenters. The van der Waals surface area contributed by atoms with Gasteiger partial charge in [0.1, 0.15) is 0 Å². The number of allylic oxidation sites excluding steroid dienone is 1. The van der Waals surface area contributed by atoms with Gasteiger partial charge >= 0.3 is 6.72 Å². The first kappa shape index (κ1) is 13.3.